The van der Waals surface area contributed by atoms with Gasteiger partial charge in [0.15, 0.2) is 17.2 Å². The fourth-order valence-electron chi connectivity index (χ4n) is 3.20. The van der Waals surface area contributed by atoms with E-state index in [1.165, 1.54) is 16.7 Å². The molecule has 27 heavy (non-hydrogen) atoms. The van der Waals surface area contributed by atoms with Gasteiger partial charge < -0.3 is 9.73 Å². The predicted molar refractivity (Wildman–Crippen MR) is 110 cm³/mol. The number of fused-ring (bicyclic) bond motifs is 1. The number of nitrogens with zero attached hydrogens (tertiary/aromatic N) is 2. The quantitative estimate of drug-likeness (QED) is 0.481. The Morgan fingerprint density at radius 2 is 1.74 bits per heavy atom. The molecule has 0 bridgehead atoms. The van der Waals surface area contributed by atoms with Gasteiger partial charge in [0.05, 0.1) is 6.26 Å². The van der Waals surface area contributed by atoms with Gasteiger partial charge in [-0.25, -0.2) is 9.97 Å². The number of hydrogen-bond donors (Lipinski definition) is 1. The number of nitrogens with one attached hydrogen (secondary N) is 1. The number of aryl methyl sites for hydroxylation is 1. The highest BCUT2D eigenvalue weighted by atomic mass is 16.3. The molecule has 4 rings (SSSR count). The first-order valence-electron chi connectivity index (χ1n) is 9.26. The lowest BCUT2D eigenvalue weighted by atomic mass is 9.97. The second-order valence-electron chi connectivity index (χ2n) is 7.11. The van der Waals surface area contributed by atoms with Gasteiger partial charge in [-0.05, 0) is 24.0 Å². The topological polar surface area (TPSA) is 51.0 Å². The zero-order valence-corrected chi connectivity index (χ0v) is 15.9. The Bertz CT molecular complexity index is 1060. The Balaban J connectivity index is 1.73. The molecule has 0 amide bonds. The van der Waals surface area contributed by atoms with Gasteiger partial charge in [-0.3, -0.25) is 0 Å². The maximum absolute atomic E-state index is 5.64. The third kappa shape index (κ3) is 3.56. The van der Waals surface area contributed by atoms with Gasteiger partial charge >= 0.3 is 0 Å². The molecule has 0 aliphatic carbocycles. The van der Waals surface area contributed by atoms with E-state index in [0.29, 0.717) is 18.0 Å². The highest BCUT2D eigenvalue weighted by Gasteiger charge is 2.15. The lowest BCUT2D eigenvalue weighted by Gasteiger charge is -2.13. The molecule has 0 unspecified atom stereocenters. The predicted octanol–water partition coefficient (Wildman–Crippen LogP) is 5.93. The highest BCUT2D eigenvalue weighted by Crippen LogP contribution is 2.30. The summed E-state index contributed by atoms with van der Waals surface area (Å²) in [5.74, 6) is 1.84. The molecule has 0 spiro atoms. The second-order valence-corrected chi connectivity index (χ2v) is 7.11. The summed E-state index contributed by atoms with van der Waals surface area (Å²) in [6.45, 7) is 7.14. The number of aromatic nitrogens is 2. The largest absolute Gasteiger partial charge is 0.459 e. The Kier molecular flexibility index (Phi) is 4.63. The van der Waals surface area contributed by atoms with Crippen LogP contribution in [-0.2, 0) is 6.54 Å². The molecule has 0 saturated carbocycles. The van der Waals surface area contributed by atoms with Crippen LogP contribution >= 0.6 is 0 Å². The van der Waals surface area contributed by atoms with Crippen molar-refractivity contribution in [1.82, 2.24) is 9.97 Å². The van der Waals surface area contributed by atoms with E-state index >= 15 is 0 Å². The van der Waals surface area contributed by atoms with Crippen molar-refractivity contribution in [3.8, 4) is 11.4 Å². The summed E-state index contributed by atoms with van der Waals surface area (Å²) in [5, 5.41) is 3.42. The van der Waals surface area contributed by atoms with E-state index in [9.17, 15) is 0 Å². The first-order chi connectivity index (χ1) is 13.1. The molecule has 136 valence electrons. The van der Waals surface area contributed by atoms with Gasteiger partial charge in [-0.15, -0.1) is 0 Å². The summed E-state index contributed by atoms with van der Waals surface area (Å²) in [6, 6.07) is 18.7. The molecule has 2 aromatic heterocycles. The number of anilines is 1. The highest BCUT2D eigenvalue weighted by molar-refractivity contribution is 5.85. The molecule has 0 radical (unpaired) electrons. The van der Waals surface area contributed by atoms with Crippen molar-refractivity contribution in [2.24, 2.45) is 0 Å². The Morgan fingerprint density at radius 3 is 2.52 bits per heavy atom. The monoisotopic (exact) mass is 357 g/mol. The van der Waals surface area contributed by atoms with Crippen molar-refractivity contribution in [3.05, 3.63) is 77.6 Å². The van der Waals surface area contributed by atoms with Gasteiger partial charge in [0.1, 0.15) is 5.52 Å². The maximum atomic E-state index is 5.64. The molecule has 2 aromatic carbocycles. The van der Waals surface area contributed by atoms with Crippen LogP contribution in [0.4, 0.5) is 5.82 Å². The van der Waals surface area contributed by atoms with Crippen LogP contribution in [0.5, 0.6) is 0 Å². The third-order valence-corrected chi connectivity index (χ3v) is 4.71. The van der Waals surface area contributed by atoms with Gasteiger partial charge in [0, 0.05) is 18.2 Å². The van der Waals surface area contributed by atoms with Crippen LogP contribution in [0.1, 0.15) is 36.5 Å². The summed E-state index contributed by atoms with van der Waals surface area (Å²) in [6.07, 6.45) is 1.66. The van der Waals surface area contributed by atoms with Crippen molar-refractivity contribution in [1.29, 1.82) is 0 Å². The first kappa shape index (κ1) is 17.3. The number of benzene rings is 2. The van der Waals surface area contributed by atoms with Crippen LogP contribution in [0.3, 0.4) is 0 Å². The molecule has 1 N–H and O–H groups in total. The minimum Gasteiger partial charge on any atom is -0.459 e. The molecule has 0 saturated heterocycles. The van der Waals surface area contributed by atoms with E-state index in [1.54, 1.807) is 6.26 Å². The van der Waals surface area contributed by atoms with Crippen LogP contribution < -0.4 is 5.32 Å². The summed E-state index contributed by atoms with van der Waals surface area (Å²) in [5.41, 5.74) is 6.25. The van der Waals surface area contributed by atoms with Crippen LogP contribution in [0.25, 0.3) is 22.5 Å². The van der Waals surface area contributed by atoms with Crippen LogP contribution in [0, 0.1) is 6.92 Å². The van der Waals surface area contributed by atoms with Crippen molar-refractivity contribution >= 4 is 16.9 Å². The molecular weight excluding hydrogens is 334 g/mol. The molecule has 2 heterocycles. The van der Waals surface area contributed by atoms with Crippen LogP contribution in [0.2, 0.25) is 0 Å². The van der Waals surface area contributed by atoms with E-state index in [0.717, 1.165) is 22.7 Å². The molecule has 4 heteroatoms. The Morgan fingerprint density at radius 1 is 0.963 bits per heavy atom. The zero-order valence-electron chi connectivity index (χ0n) is 15.9. The molecule has 4 aromatic rings. The molecule has 4 nitrogen and oxygen atoms in total. The zero-order chi connectivity index (χ0) is 18.8. The summed E-state index contributed by atoms with van der Waals surface area (Å²) < 4.78 is 5.64. The number of furan rings is 1. The third-order valence-electron chi connectivity index (χ3n) is 4.71. The summed E-state index contributed by atoms with van der Waals surface area (Å²) >= 11 is 0. The van der Waals surface area contributed by atoms with E-state index in [4.69, 9.17) is 14.4 Å². The van der Waals surface area contributed by atoms with E-state index < -0.39 is 0 Å². The molecule has 0 fully saturated rings. The second kappa shape index (κ2) is 7.23. The minimum atomic E-state index is 0.397. The minimum absolute atomic E-state index is 0.397. The van der Waals surface area contributed by atoms with Gasteiger partial charge in [0.2, 0.25) is 0 Å². The van der Waals surface area contributed by atoms with Crippen molar-refractivity contribution in [3.63, 3.8) is 0 Å². The van der Waals surface area contributed by atoms with Gasteiger partial charge in [-0.1, -0.05) is 67.9 Å². The summed E-state index contributed by atoms with van der Waals surface area (Å²) in [7, 11) is 0. The van der Waals surface area contributed by atoms with Crippen molar-refractivity contribution < 1.29 is 4.42 Å². The van der Waals surface area contributed by atoms with E-state index in [-0.39, 0.29) is 0 Å². The smallest absolute Gasteiger partial charge is 0.194 e. The lowest BCUT2D eigenvalue weighted by molar-refractivity contribution is 0.614. The fourth-order valence-corrected chi connectivity index (χ4v) is 3.20. The van der Waals surface area contributed by atoms with E-state index in [1.807, 2.05) is 12.1 Å². The Hall–Kier alpha value is -3.14. The van der Waals surface area contributed by atoms with E-state index in [2.05, 4.69) is 68.6 Å². The standard InChI is InChI=1S/C23H23N3O/c1-15(2)18-6-4-5-7-19(18)22-25-20-12-13-27-21(20)23(26-22)24-14-17-10-8-16(3)9-11-17/h4-13,15H,14H2,1-3H3,(H,24,25,26). The SMILES string of the molecule is Cc1ccc(CNc2nc(-c3ccccc3C(C)C)nc3ccoc23)cc1. The molecule has 0 atom stereocenters. The Labute approximate surface area is 159 Å². The van der Waals surface area contributed by atoms with Gasteiger partial charge in [0.25, 0.3) is 0 Å². The van der Waals surface area contributed by atoms with Crippen LogP contribution in [0.15, 0.2) is 65.3 Å². The number of rotatable bonds is 5. The first-order valence-corrected chi connectivity index (χ1v) is 9.26. The van der Waals surface area contributed by atoms with Crippen molar-refractivity contribution in [2.45, 2.75) is 33.2 Å². The van der Waals surface area contributed by atoms with Gasteiger partial charge in [-0.2, -0.15) is 0 Å². The lowest BCUT2D eigenvalue weighted by Crippen LogP contribution is -2.04. The molecular formula is C23H23N3O. The normalized spacial score (nSPS) is 11.3. The fraction of sp³-hybridized carbons (Fsp3) is 0.217. The van der Waals surface area contributed by atoms with Crippen molar-refractivity contribution in [2.75, 3.05) is 5.32 Å². The maximum Gasteiger partial charge on any atom is 0.194 e. The number of hydrogen-bond acceptors (Lipinski definition) is 4. The molecule has 0 aliphatic heterocycles. The average molecular weight is 357 g/mol. The summed E-state index contributed by atoms with van der Waals surface area (Å²) in [4.78, 5) is 9.53. The van der Waals surface area contributed by atoms with Crippen LogP contribution in [-0.4, -0.2) is 9.97 Å². The molecule has 0 aliphatic rings. The average Bonchev–Trinajstić information content (AvgIpc) is 3.16.